The molecule has 0 aliphatic heterocycles. The van der Waals surface area contributed by atoms with Crippen LogP contribution in [0.15, 0.2) is 0 Å². The maximum atomic E-state index is 10.0. The zero-order valence-electron chi connectivity index (χ0n) is 6.00. The number of rotatable bonds is 4. The van der Waals surface area contributed by atoms with Gasteiger partial charge in [0.25, 0.3) is 0 Å². The molecule has 0 saturated carbocycles. The molecule has 0 spiro atoms. The molecule has 0 rings (SSSR count). The molecular formula is C6H13NO2S. The van der Waals surface area contributed by atoms with Gasteiger partial charge in [0.05, 0.1) is 5.37 Å². The highest BCUT2D eigenvalue weighted by molar-refractivity contribution is 7.80. The van der Waals surface area contributed by atoms with Crippen LogP contribution in [0.25, 0.3) is 0 Å². The van der Waals surface area contributed by atoms with Crippen molar-refractivity contribution in [1.82, 2.24) is 5.32 Å². The highest BCUT2D eigenvalue weighted by Crippen LogP contribution is 2.02. The Labute approximate surface area is 66.2 Å². The van der Waals surface area contributed by atoms with Gasteiger partial charge in [0.2, 0.25) is 0 Å². The highest BCUT2D eigenvalue weighted by Gasteiger charge is 2.03. The second-order valence-corrected chi connectivity index (χ2v) is 2.73. The maximum Gasteiger partial charge on any atom is 0.405 e. The summed E-state index contributed by atoms with van der Waals surface area (Å²) < 4.78 is 0. The summed E-state index contributed by atoms with van der Waals surface area (Å²) in [6.07, 6.45) is 1.87. The van der Waals surface area contributed by atoms with Crippen LogP contribution in [-0.2, 0) is 0 Å². The Morgan fingerprint density at radius 2 is 2.40 bits per heavy atom. The van der Waals surface area contributed by atoms with Crippen molar-refractivity contribution < 1.29 is 9.90 Å². The summed E-state index contributed by atoms with van der Waals surface area (Å²) in [7, 11) is 0. The molecule has 0 aliphatic carbocycles. The number of hydrogen-bond acceptors (Lipinski definition) is 2. The minimum absolute atomic E-state index is 0.211. The van der Waals surface area contributed by atoms with Gasteiger partial charge in [-0.05, 0) is 6.42 Å². The van der Waals surface area contributed by atoms with Gasteiger partial charge < -0.3 is 10.4 Å². The standard InChI is InChI=1S/C6H13NO2S/c1-2-3-4-5(10)7-6(8)9/h5,7,10H,2-4H2,1H3,(H,8,9). The maximum absolute atomic E-state index is 10.0. The molecule has 60 valence electrons. The summed E-state index contributed by atoms with van der Waals surface area (Å²) in [5.41, 5.74) is 0. The van der Waals surface area contributed by atoms with E-state index in [9.17, 15) is 4.79 Å². The van der Waals surface area contributed by atoms with Crippen molar-refractivity contribution in [3.8, 4) is 0 Å². The molecule has 4 heteroatoms. The van der Waals surface area contributed by atoms with Gasteiger partial charge in [-0.2, -0.15) is 12.6 Å². The van der Waals surface area contributed by atoms with Gasteiger partial charge in [-0.25, -0.2) is 4.79 Å². The molecule has 0 aromatic carbocycles. The Morgan fingerprint density at radius 1 is 1.80 bits per heavy atom. The molecule has 0 aromatic heterocycles. The molecule has 0 saturated heterocycles. The molecule has 0 fully saturated rings. The van der Waals surface area contributed by atoms with E-state index in [0.29, 0.717) is 0 Å². The third kappa shape index (κ3) is 5.75. The molecule has 0 radical (unpaired) electrons. The van der Waals surface area contributed by atoms with E-state index < -0.39 is 6.09 Å². The Morgan fingerprint density at radius 3 is 2.80 bits per heavy atom. The Hall–Kier alpha value is -0.380. The zero-order chi connectivity index (χ0) is 7.98. The van der Waals surface area contributed by atoms with Crippen molar-refractivity contribution in [2.75, 3.05) is 0 Å². The number of unbranched alkanes of at least 4 members (excludes halogenated alkanes) is 1. The van der Waals surface area contributed by atoms with Crippen LogP contribution >= 0.6 is 12.6 Å². The summed E-state index contributed by atoms with van der Waals surface area (Å²) >= 11 is 4.01. The molecule has 0 bridgehead atoms. The fourth-order valence-corrected chi connectivity index (χ4v) is 0.905. The minimum Gasteiger partial charge on any atom is -0.465 e. The predicted octanol–water partition coefficient (Wildman–Crippen LogP) is 1.70. The summed E-state index contributed by atoms with van der Waals surface area (Å²) in [6, 6.07) is 0. The van der Waals surface area contributed by atoms with Gasteiger partial charge in [0, 0.05) is 0 Å². The quantitative estimate of drug-likeness (QED) is 0.436. The summed E-state index contributed by atoms with van der Waals surface area (Å²) in [4.78, 5) is 10.0. The van der Waals surface area contributed by atoms with E-state index in [0.717, 1.165) is 19.3 Å². The first kappa shape index (κ1) is 9.62. The largest absolute Gasteiger partial charge is 0.465 e. The van der Waals surface area contributed by atoms with E-state index in [2.05, 4.69) is 24.9 Å². The van der Waals surface area contributed by atoms with Crippen LogP contribution in [0.2, 0.25) is 0 Å². The van der Waals surface area contributed by atoms with Crippen molar-refractivity contribution in [3.05, 3.63) is 0 Å². The first-order valence-corrected chi connectivity index (χ1v) is 3.86. The Kier molecular flexibility index (Phi) is 5.20. The molecule has 1 amide bonds. The van der Waals surface area contributed by atoms with Crippen molar-refractivity contribution in [2.24, 2.45) is 0 Å². The van der Waals surface area contributed by atoms with E-state index in [1.165, 1.54) is 0 Å². The fourth-order valence-electron chi connectivity index (χ4n) is 0.612. The van der Waals surface area contributed by atoms with Crippen molar-refractivity contribution in [2.45, 2.75) is 31.6 Å². The van der Waals surface area contributed by atoms with Crippen LogP contribution in [0.3, 0.4) is 0 Å². The van der Waals surface area contributed by atoms with Crippen LogP contribution in [0.5, 0.6) is 0 Å². The summed E-state index contributed by atoms with van der Waals surface area (Å²) in [6.45, 7) is 2.06. The number of nitrogens with one attached hydrogen (secondary N) is 1. The summed E-state index contributed by atoms with van der Waals surface area (Å²) in [5.74, 6) is 0. The molecule has 0 heterocycles. The van der Waals surface area contributed by atoms with Crippen LogP contribution < -0.4 is 5.32 Å². The van der Waals surface area contributed by atoms with Gasteiger partial charge in [-0.15, -0.1) is 0 Å². The van der Waals surface area contributed by atoms with Gasteiger partial charge in [0.15, 0.2) is 0 Å². The van der Waals surface area contributed by atoms with Crippen LogP contribution in [0.4, 0.5) is 4.79 Å². The molecule has 3 nitrogen and oxygen atoms in total. The first-order valence-electron chi connectivity index (χ1n) is 3.34. The van der Waals surface area contributed by atoms with Crippen LogP contribution in [-0.4, -0.2) is 16.6 Å². The van der Waals surface area contributed by atoms with Crippen LogP contribution in [0, 0.1) is 0 Å². The molecule has 0 aromatic rings. The highest BCUT2D eigenvalue weighted by atomic mass is 32.1. The first-order chi connectivity index (χ1) is 4.66. The lowest BCUT2D eigenvalue weighted by molar-refractivity contribution is 0.193. The monoisotopic (exact) mass is 163 g/mol. The third-order valence-electron chi connectivity index (χ3n) is 1.12. The topological polar surface area (TPSA) is 49.3 Å². The third-order valence-corrected chi connectivity index (χ3v) is 1.51. The second kappa shape index (κ2) is 5.41. The average Bonchev–Trinajstić information content (AvgIpc) is 1.82. The SMILES string of the molecule is CCCCC(S)NC(=O)O. The number of hydrogen-bond donors (Lipinski definition) is 3. The predicted molar refractivity (Wildman–Crippen MR) is 43.5 cm³/mol. The summed E-state index contributed by atoms with van der Waals surface area (Å²) in [5, 5.41) is 10.3. The van der Waals surface area contributed by atoms with Crippen molar-refractivity contribution in [1.29, 1.82) is 0 Å². The lowest BCUT2D eigenvalue weighted by Gasteiger charge is -2.08. The fraction of sp³-hybridized carbons (Fsp3) is 0.833. The number of amides is 1. The Balaban J connectivity index is 3.25. The molecule has 10 heavy (non-hydrogen) atoms. The average molecular weight is 163 g/mol. The zero-order valence-corrected chi connectivity index (χ0v) is 6.90. The molecule has 2 N–H and O–H groups in total. The van der Waals surface area contributed by atoms with Gasteiger partial charge in [0.1, 0.15) is 0 Å². The molecule has 0 aliphatic rings. The van der Waals surface area contributed by atoms with Crippen molar-refractivity contribution >= 4 is 18.7 Å². The van der Waals surface area contributed by atoms with Crippen molar-refractivity contribution in [3.63, 3.8) is 0 Å². The van der Waals surface area contributed by atoms with Gasteiger partial charge >= 0.3 is 6.09 Å². The molecule has 1 unspecified atom stereocenters. The lowest BCUT2D eigenvalue weighted by Crippen LogP contribution is -2.28. The van der Waals surface area contributed by atoms with Crippen LogP contribution in [0.1, 0.15) is 26.2 Å². The molecule has 1 atom stereocenters. The van der Waals surface area contributed by atoms with E-state index in [1.54, 1.807) is 0 Å². The lowest BCUT2D eigenvalue weighted by atomic mass is 10.2. The van der Waals surface area contributed by atoms with E-state index in [4.69, 9.17) is 5.11 Å². The number of carboxylic acid groups (broad SMARTS) is 1. The second-order valence-electron chi connectivity index (χ2n) is 2.11. The van der Waals surface area contributed by atoms with Gasteiger partial charge in [-0.3, -0.25) is 0 Å². The van der Waals surface area contributed by atoms with Gasteiger partial charge in [-0.1, -0.05) is 19.8 Å². The molecular weight excluding hydrogens is 150 g/mol. The van der Waals surface area contributed by atoms with E-state index in [-0.39, 0.29) is 5.37 Å². The smallest absolute Gasteiger partial charge is 0.405 e. The number of carbonyl (C=O) groups is 1. The number of thiol groups is 1. The Bertz CT molecular complexity index is 108. The minimum atomic E-state index is -1.00. The van der Waals surface area contributed by atoms with E-state index in [1.807, 2.05) is 0 Å². The normalized spacial score (nSPS) is 12.6. The van der Waals surface area contributed by atoms with E-state index >= 15 is 0 Å².